The monoisotopic (exact) mass is 153 g/mol. The average Bonchev–Trinajstić information content (AvgIpc) is 1.87. The topological polar surface area (TPSA) is 43.4 Å². The molecule has 0 aliphatic rings. The smallest absolute Gasteiger partial charge is 0.320 e. The normalized spacial score (nSPS) is 8.45. The Kier molecular flexibility index (Phi) is 3.11. The summed E-state index contributed by atoms with van der Waals surface area (Å²) in [5.41, 5.74) is 0.110. The molecule has 0 N–H and O–H groups in total. The first kappa shape index (κ1) is 9.49. The molecule has 0 saturated carbocycles. The van der Waals surface area contributed by atoms with E-state index >= 15 is 0 Å². The van der Waals surface area contributed by atoms with Crippen LogP contribution in [0.25, 0.3) is 0 Å². The molecule has 0 spiro atoms. The van der Waals surface area contributed by atoms with Crippen molar-refractivity contribution in [1.29, 1.82) is 0 Å². The van der Waals surface area contributed by atoms with Gasteiger partial charge in [-0.25, -0.2) is 4.79 Å². The molecule has 3 heteroatoms. The van der Waals surface area contributed by atoms with E-state index in [0.717, 1.165) is 0 Å². The predicted molar refractivity (Wildman–Crippen MR) is 40.4 cm³/mol. The van der Waals surface area contributed by atoms with Crippen LogP contribution in [0.4, 0.5) is 0 Å². The molecule has 0 aliphatic heterocycles. The summed E-state index contributed by atoms with van der Waals surface area (Å²) >= 11 is 0. The Labute approximate surface area is 65.4 Å². The minimum atomic E-state index is -0.821. The van der Waals surface area contributed by atoms with Crippen LogP contribution in [0.1, 0.15) is 6.92 Å². The van der Waals surface area contributed by atoms with Crippen molar-refractivity contribution in [2.45, 2.75) is 6.92 Å². The van der Waals surface area contributed by atoms with Crippen LogP contribution in [0.3, 0.4) is 0 Å². The molecule has 58 valence electrons. The van der Waals surface area contributed by atoms with E-state index < -0.39 is 11.9 Å². The lowest BCUT2D eigenvalue weighted by molar-refractivity contribution is -0.153. The van der Waals surface area contributed by atoms with E-state index in [1.54, 1.807) is 0 Å². The Bertz CT molecular complexity index is 201. The first-order chi connectivity index (χ1) is 4.95. The molecule has 0 aromatic rings. The minimum Gasteiger partial charge on any atom is -0.320 e. The van der Waals surface area contributed by atoms with Gasteiger partial charge in [-0.05, 0) is 6.92 Å². The Morgan fingerprint density at radius 3 is 2.00 bits per heavy atom. The molecular formula is C8H9O3+. The van der Waals surface area contributed by atoms with Crippen molar-refractivity contribution in [3.63, 3.8) is 0 Å². The van der Waals surface area contributed by atoms with Crippen molar-refractivity contribution in [3.05, 3.63) is 31.2 Å². The summed E-state index contributed by atoms with van der Waals surface area (Å²) in [6.07, 6.45) is 0. The van der Waals surface area contributed by atoms with Gasteiger partial charge in [0.2, 0.25) is 5.57 Å². The van der Waals surface area contributed by atoms with Crippen molar-refractivity contribution in [2.24, 2.45) is 0 Å². The zero-order valence-electron chi connectivity index (χ0n) is 6.35. The molecule has 0 amide bonds. The molecule has 0 unspecified atom stereocenters. The fourth-order valence-corrected chi connectivity index (χ4v) is 0.243. The maximum atomic E-state index is 10.6. The molecule has 0 fully saturated rings. The molecule has 3 nitrogen and oxygen atoms in total. The maximum absolute atomic E-state index is 10.6. The lowest BCUT2D eigenvalue weighted by Gasteiger charge is -1.93. The molecule has 0 atom stereocenters. The predicted octanol–water partition coefficient (Wildman–Crippen LogP) is 1.02. The third-order valence-electron chi connectivity index (χ3n) is 0.823. The first-order valence-corrected chi connectivity index (χ1v) is 2.88. The number of rotatable bonds is 2. The van der Waals surface area contributed by atoms with Gasteiger partial charge in [0.15, 0.2) is 0 Å². The molecule has 0 aromatic carbocycles. The van der Waals surface area contributed by atoms with Gasteiger partial charge in [0.05, 0.1) is 0 Å². The highest BCUT2D eigenvalue weighted by Gasteiger charge is 2.18. The Hall–Kier alpha value is -1.51. The Morgan fingerprint density at radius 2 is 1.73 bits per heavy atom. The van der Waals surface area contributed by atoms with Crippen LogP contribution in [-0.4, -0.2) is 11.9 Å². The van der Waals surface area contributed by atoms with Crippen LogP contribution in [0, 0.1) is 6.92 Å². The first-order valence-electron chi connectivity index (χ1n) is 2.88. The second kappa shape index (κ2) is 3.61. The van der Waals surface area contributed by atoms with Crippen LogP contribution < -0.4 is 0 Å². The SMILES string of the molecule is C=C([CH2+])C(=O)OC(=O)C(=C)C. The van der Waals surface area contributed by atoms with Crippen molar-refractivity contribution >= 4 is 11.9 Å². The van der Waals surface area contributed by atoms with Gasteiger partial charge in [0, 0.05) is 19.1 Å². The summed E-state index contributed by atoms with van der Waals surface area (Å²) in [5.74, 6) is -1.57. The highest BCUT2D eigenvalue weighted by Crippen LogP contribution is 1.97. The number of carbonyl (C=O) groups excluding carboxylic acids is 2. The number of ether oxygens (including phenoxy) is 1. The second-order valence-electron chi connectivity index (χ2n) is 2.06. The summed E-state index contributed by atoms with van der Waals surface area (Å²) < 4.78 is 4.23. The third-order valence-corrected chi connectivity index (χ3v) is 0.823. The molecular weight excluding hydrogens is 144 g/mol. The zero-order valence-corrected chi connectivity index (χ0v) is 6.35. The van der Waals surface area contributed by atoms with Gasteiger partial charge in [-0.2, -0.15) is 4.79 Å². The molecule has 0 aromatic heterocycles. The fraction of sp³-hybridized carbons (Fsp3) is 0.125. The maximum Gasteiger partial charge on any atom is 0.457 e. The van der Waals surface area contributed by atoms with Crippen LogP contribution in [0.2, 0.25) is 0 Å². The molecule has 0 saturated heterocycles. The number of hydrogen-bond donors (Lipinski definition) is 0. The van der Waals surface area contributed by atoms with Gasteiger partial charge in [-0.15, -0.1) is 0 Å². The Balaban J connectivity index is 4.07. The van der Waals surface area contributed by atoms with Crippen molar-refractivity contribution in [3.8, 4) is 0 Å². The lowest BCUT2D eigenvalue weighted by Crippen LogP contribution is -2.12. The molecule has 0 rings (SSSR count). The van der Waals surface area contributed by atoms with Gasteiger partial charge in [0.1, 0.15) is 0 Å². The summed E-state index contributed by atoms with van der Waals surface area (Å²) in [7, 11) is 0. The highest BCUT2D eigenvalue weighted by molar-refractivity contribution is 6.01. The molecule has 11 heavy (non-hydrogen) atoms. The lowest BCUT2D eigenvalue weighted by atomic mass is 10.3. The number of hydrogen-bond acceptors (Lipinski definition) is 3. The zero-order chi connectivity index (χ0) is 9.02. The van der Waals surface area contributed by atoms with Gasteiger partial charge in [-0.3, -0.25) is 0 Å². The van der Waals surface area contributed by atoms with Gasteiger partial charge >= 0.3 is 11.9 Å². The molecule has 0 aliphatic carbocycles. The van der Waals surface area contributed by atoms with Crippen molar-refractivity contribution in [1.82, 2.24) is 0 Å². The average molecular weight is 153 g/mol. The molecule has 0 radical (unpaired) electrons. The third kappa shape index (κ3) is 3.25. The van der Waals surface area contributed by atoms with Crippen LogP contribution >= 0.6 is 0 Å². The summed E-state index contributed by atoms with van der Waals surface area (Å²) in [6, 6.07) is 0. The standard InChI is InChI=1S/C8H9O3/c1-5(2)7(9)11-8(10)6(3)4/h1-3H2,4H3/q+1. The highest BCUT2D eigenvalue weighted by atomic mass is 16.6. The van der Waals surface area contributed by atoms with E-state index in [0.29, 0.717) is 0 Å². The van der Waals surface area contributed by atoms with Gasteiger partial charge in [-0.1, -0.05) is 6.58 Å². The van der Waals surface area contributed by atoms with Gasteiger partial charge < -0.3 is 4.74 Å². The van der Waals surface area contributed by atoms with E-state index in [2.05, 4.69) is 24.8 Å². The van der Waals surface area contributed by atoms with Crippen LogP contribution in [-0.2, 0) is 14.3 Å². The number of carbonyl (C=O) groups is 2. The van der Waals surface area contributed by atoms with Crippen molar-refractivity contribution in [2.75, 3.05) is 0 Å². The quantitative estimate of drug-likeness (QED) is 0.257. The van der Waals surface area contributed by atoms with E-state index in [1.165, 1.54) is 6.92 Å². The van der Waals surface area contributed by atoms with Gasteiger partial charge in [0.25, 0.3) is 0 Å². The summed E-state index contributed by atoms with van der Waals surface area (Å²) in [5, 5.41) is 0. The molecule has 0 bridgehead atoms. The summed E-state index contributed by atoms with van der Waals surface area (Å²) in [6.45, 7) is 11.1. The fourth-order valence-electron chi connectivity index (χ4n) is 0.243. The van der Waals surface area contributed by atoms with E-state index in [-0.39, 0.29) is 11.1 Å². The minimum absolute atomic E-state index is 0.0559. The van der Waals surface area contributed by atoms with E-state index in [4.69, 9.17) is 0 Å². The second-order valence-corrected chi connectivity index (χ2v) is 2.06. The largest absolute Gasteiger partial charge is 0.457 e. The van der Waals surface area contributed by atoms with Crippen LogP contribution in [0.15, 0.2) is 24.3 Å². The van der Waals surface area contributed by atoms with Crippen molar-refractivity contribution < 1.29 is 14.3 Å². The number of esters is 2. The summed E-state index contributed by atoms with van der Waals surface area (Å²) in [4.78, 5) is 21.3. The molecule has 0 heterocycles. The Morgan fingerprint density at radius 1 is 1.27 bits per heavy atom. The van der Waals surface area contributed by atoms with E-state index in [1.807, 2.05) is 0 Å². The van der Waals surface area contributed by atoms with E-state index in [9.17, 15) is 9.59 Å². The van der Waals surface area contributed by atoms with Crippen LogP contribution in [0.5, 0.6) is 0 Å².